The summed E-state index contributed by atoms with van der Waals surface area (Å²) in [6, 6.07) is 11.7. The second-order valence-corrected chi connectivity index (χ2v) is 9.28. The molecule has 0 aromatic heterocycles. The molecular weight excluding hydrogens is 482 g/mol. The summed E-state index contributed by atoms with van der Waals surface area (Å²) in [4.78, 5) is 0. The number of benzene rings is 3. The molecule has 0 spiro atoms. The Morgan fingerprint density at radius 2 is 1.45 bits per heavy atom. The maximum Gasteiger partial charge on any atom is 0.283 e. The first-order valence-corrected chi connectivity index (χ1v) is 10.8. The van der Waals surface area contributed by atoms with Gasteiger partial charge < -0.3 is 10.2 Å². The predicted octanol–water partition coefficient (Wildman–Crippen LogP) is 5.89. The maximum atomic E-state index is 13.0. The maximum absolute atomic E-state index is 13.0. The van der Waals surface area contributed by atoms with Gasteiger partial charge in [0.1, 0.15) is 5.75 Å². The van der Waals surface area contributed by atoms with Crippen LogP contribution in [0, 0.1) is 0 Å². The normalized spacial score (nSPS) is 13.8. The van der Waals surface area contributed by atoms with Crippen molar-refractivity contribution in [3.8, 4) is 11.5 Å². The molecule has 10 heteroatoms. The Bertz CT molecular complexity index is 1210. The third-order valence-electron chi connectivity index (χ3n) is 4.39. The number of hydrogen-bond acceptors (Lipinski definition) is 4. The fourth-order valence-electron chi connectivity index (χ4n) is 3.19. The number of aromatic hydroxyl groups is 2. The molecule has 29 heavy (non-hydrogen) atoms. The van der Waals surface area contributed by atoms with Crippen LogP contribution in [-0.2, 0) is 14.9 Å². The molecule has 152 valence electrons. The molecule has 0 saturated carbocycles. The van der Waals surface area contributed by atoms with Gasteiger partial charge in [-0.1, -0.05) is 64.6 Å². The molecule has 0 aliphatic carbocycles. The number of rotatable bonds is 4. The Balaban J connectivity index is 2.63. The minimum atomic E-state index is -5.09. The number of hydrogen-bond donors (Lipinski definition) is 3. The molecule has 0 bridgehead atoms. The monoisotopic (exact) mass is 492 g/mol. The molecule has 3 aromatic rings. The summed E-state index contributed by atoms with van der Waals surface area (Å²) in [6.07, 6.45) is 0. The lowest BCUT2D eigenvalue weighted by atomic mass is 9.83. The molecule has 3 aromatic carbocycles. The van der Waals surface area contributed by atoms with Gasteiger partial charge >= 0.3 is 0 Å². The predicted molar refractivity (Wildman–Crippen MR) is 114 cm³/mol. The average molecular weight is 494 g/mol. The summed E-state index contributed by atoms with van der Waals surface area (Å²) < 4.78 is 34.0. The van der Waals surface area contributed by atoms with Gasteiger partial charge in [0.05, 0.1) is 10.0 Å². The Morgan fingerprint density at radius 3 is 2.07 bits per heavy atom. The van der Waals surface area contributed by atoms with Crippen molar-refractivity contribution in [2.24, 2.45) is 0 Å². The lowest BCUT2D eigenvalue weighted by Crippen LogP contribution is -2.39. The lowest BCUT2D eigenvalue weighted by Gasteiger charge is -2.34. The van der Waals surface area contributed by atoms with Gasteiger partial charge in [-0.15, -0.1) is 0 Å². The van der Waals surface area contributed by atoms with Crippen LogP contribution < -0.4 is 0 Å². The van der Waals surface area contributed by atoms with E-state index in [1.807, 2.05) is 0 Å². The molecule has 0 amide bonds. The highest BCUT2D eigenvalue weighted by Crippen LogP contribution is 2.51. The van der Waals surface area contributed by atoms with Gasteiger partial charge in [0.15, 0.2) is 10.5 Å². The number of phenols is 2. The van der Waals surface area contributed by atoms with E-state index in [1.54, 1.807) is 0 Å². The van der Waals surface area contributed by atoms with Gasteiger partial charge in [-0.2, -0.15) is 8.42 Å². The van der Waals surface area contributed by atoms with Crippen LogP contribution >= 0.6 is 46.4 Å². The average Bonchev–Trinajstić information content (AvgIpc) is 2.64. The topological polar surface area (TPSA) is 94.8 Å². The van der Waals surface area contributed by atoms with E-state index < -0.39 is 25.6 Å². The third-order valence-corrected chi connectivity index (χ3v) is 7.10. The molecule has 3 N–H and O–H groups in total. The van der Waals surface area contributed by atoms with Crippen molar-refractivity contribution in [2.45, 2.75) is 4.75 Å². The molecule has 0 aliphatic rings. The van der Waals surface area contributed by atoms with Crippen LogP contribution in [0.25, 0.3) is 0 Å². The lowest BCUT2D eigenvalue weighted by molar-refractivity contribution is 0.455. The van der Waals surface area contributed by atoms with E-state index in [0.717, 1.165) is 6.07 Å². The first-order chi connectivity index (χ1) is 13.5. The molecule has 0 heterocycles. The van der Waals surface area contributed by atoms with Crippen LogP contribution in [0.5, 0.6) is 11.5 Å². The first-order valence-electron chi connectivity index (χ1n) is 7.89. The van der Waals surface area contributed by atoms with Gasteiger partial charge in [-0.3, -0.25) is 4.55 Å². The van der Waals surface area contributed by atoms with Gasteiger partial charge in [-0.05, 0) is 42.0 Å². The molecule has 0 saturated heterocycles. The highest BCUT2D eigenvalue weighted by atomic mass is 35.5. The highest BCUT2D eigenvalue weighted by Gasteiger charge is 2.51. The summed E-state index contributed by atoms with van der Waals surface area (Å²) in [5.41, 5.74) is -0.463. The minimum Gasteiger partial charge on any atom is -0.508 e. The summed E-state index contributed by atoms with van der Waals surface area (Å²) in [5, 5.41) is 19.8. The van der Waals surface area contributed by atoms with Gasteiger partial charge in [-0.25, -0.2) is 0 Å². The summed E-state index contributed by atoms with van der Waals surface area (Å²) in [7, 11) is -5.09. The molecule has 1 unspecified atom stereocenters. The zero-order valence-corrected chi connectivity index (χ0v) is 18.1. The fourth-order valence-corrected chi connectivity index (χ4v) is 5.56. The second kappa shape index (κ2) is 7.87. The first kappa shape index (κ1) is 22.0. The van der Waals surface area contributed by atoms with Crippen molar-refractivity contribution in [3.05, 3.63) is 91.4 Å². The van der Waals surface area contributed by atoms with Gasteiger partial charge in [0, 0.05) is 21.2 Å². The number of phenolic OH excluding ortho intramolecular Hbond substituents is 2. The summed E-state index contributed by atoms with van der Waals surface area (Å²) in [6.45, 7) is 0. The van der Waals surface area contributed by atoms with Crippen LogP contribution in [0.4, 0.5) is 0 Å². The molecule has 0 radical (unpaired) electrons. The number of halogens is 4. The third kappa shape index (κ3) is 3.65. The SMILES string of the molecule is O=S(=O)(O)C(c1cccc(O)c1)(c1cc(Cl)ccc1Cl)c1ccc(Cl)c(O)c1Cl. The zero-order valence-electron chi connectivity index (χ0n) is 14.3. The molecule has 5 nitrogen and oxygen atoms in total. The van der Waals surface area contributed by atoms with Crippen molar-refractivity contribution >= 4 is 56.5 Å². The summed E-state index contributed by atoms with van der Waals surface area (Å²) in [5.74, 6) is -0.861. The van der Waals surface area contributed by atoms with Crippen LogP contribution in [0.2, 0.25) is 20.1 Å². The Labute approximate surface area is 186 Å². The van der Waals surface area contributed by atoms with Crippen LogP contribution in [0.3, 0.4) is 0 Å². The van der Waals surface area contributed by atoms with Crippen molar-refractivity contribution in [1.29, 1.82) is 0 Å². The van der Waals surface area contributed by atoms with Crippen LogP contribution in [0.15, 0.2) is 54.6 Å². The van der Waals surface area contributed by atoms with Gasteiger partial charge in [0.2, 0.25) is 0 Å². The van der Waals surface area contributed by atoms with E-state index in [4.69, 9.17) is 46.4 Å². The van der Waals surface area contributed by atoms with Crippen molar-refractivity contribution in [3.63, 3.8) is 0 Å². The Morgan fingerprint density at radius 1 is 0.793 bits per heavy atom. The second-order valence-electron chi connectivity index (χ2n) is 6.09. The van der Waals surface area contributed by atoms with Crippen molar-refractivity contribution < 1.29 is 23.2 Å². The van der Waals surface area contributed by atoms with E-state index in [0.29, 0.717) is 0 Å². The molecular formula is C19H12Cl4O5S. The minimum absolute atomic E-state index is 0.0547. The highest BCUT2D eigenvalue weighted by molar-refractivity contribution is 7.87. The molecule has 0 fully saturated rings. The van der Waals surface area contributed by atoms with Gasteiger partial charge in [0.25, 0.3) is 10.1 Å². The standard InChI is InChI=1S/C19H12Cl4O5S/c20-11-4-6-15(21)14(9-11)19(29(26,27)28,10-2-1-3-12(24)8-10)13-5-7-16(22)18(25)17(13)23/h1-9,24-25H,(H,26,27,28). The Kier molecular flexibility index (Phi) is 5.98. The van der Waals surface area contributed by atoms with Crippen molar-refractivity contribution in [1.82, 2.24) is 0 Å². The van der Waals surface area contributed by atoms with E-state index in [-0.39, 0.29) is 37.5 Å². The zero-order chi connectivity index (χ0) is 21.6. The van der Waals surface area contributed by atoms with Crippen molar-refractivity contribution in [2.75, 3.05) is 0 Å². The van der Waals surface area contributed by atoms with Crippen LogP contribution in [0.1, 0.15) is 16.7 Å². The smallest absolute Gasteiger partial charge is 0.283 e. The summed E-state index contributed by atoms with van der Waals surface area (Å²) >= 11 is 24.6. The molecule has 1 atom stereocenters. The Hall–Kier alpha value is -1.67. The van der Waals surface area contributed by atoms with E-state index in [9.17, 15) is 23.2 Å². The fraction of sp³-hybridized carbons (Fsp3) is 0.0526. The van der Waals surface area contributed by atoms with E-state index >= 15 is 0 Å². The van der Waals surface area contributed by atoms with E-state index in [1.165, 1.54) is 48.5 Å². The quantitative estimate of drug-likeness (QED) is 0.311. The largest absolute Gasteiger partial charge is 0.508 e. The molecule has 3 rings (SSSR count). The van der Waals surface area contributed by atoms with Crippen LogP contribution in [-0.4, -0.2) is 23.2 Å². The van der Waals surface area contributed by atoms with E-state index in [2.05, 4.69) is 0 Å². The molecule has 0 aliphatic heterocycles.